The SMILES string of the molecule is C[C@@H](NC(=O)COc1ccc(/C=N\NC(=O)c2ccc(CN3CCN(Cc4ccccc4)CC3)cc2)cc1)c1ccccc1. The van der Waals surface area contributed by atoms with Crippen molar-refractivity contribution in [3.05, 3.63) is 137 Å². The molecule has 1 heterocycles. The van der Waals surface area contributed by atoms with Gasteiger partial charge in [0.25, 0.3) is 11.8 Å². The Morgan fingerprint density at radius 2 is 1.34 bits per heavy atom. The van der Waals surface area contributed by atoms with Crippen LogP contribution in [0.1, 0.15) is 45.6 Å². The molecule has 2 N–H and O–H groups in total. The Balaban J connectivity index is 1.00. The van der Waals surface area contributed by atoms with Crippen molar-refractivity contribution in [3.8, 4) is 5.75 Å². The number of hydrazone groups is 1. The highest BCUT2D eigenvalue weighted by atomic mass is 16.5. The summed E-state index contributed by atoms with van der Waals surface area (Å²) in [6, 6.07) is 35.1. The summed E-state index contributed by atoms with van der Waals surface area (Å²) in [7, 11) is 0. The Hall–Kier alpha value is -4.79. The van der Waals surface area contributed by atoms with Gasteiger partial charge in [0, 0.05) is 44.8 Å². The fourth-order valence-corrected chi connectivity index (χ4v) is 5.10. The molecule has 0 radical (unpaired) electrons. The van der Waals surface area contributed by atoms with E-state index in [9.17, 15) is 9.59 Å². The average Bonchev–Trinajstić information content (AvgIpc) is 3.06. The minimum atomic E-state index is -0.266. The minimum absolute atomic E-state index is 0.0785. The van der Waals surface area contributed by atoms with Crippen molar-refractivity contribution in [2.45, 2.75) is 26.1 Å². The number of carbonyl (C=O) groups is 2. The lowest BCUT2D eigenvalue weighted by Crippen LogP contribution is -2.45. The first-order valence-electron chi connectivity index (χ1n) is 15.0. The molecule has 0 aromatic heterocycles. The van der Waals surface area contributed by atoms with Gasteiger partial charge in [-0.05, 0) is 65.6 Å². The van der Waals surface area contributed by atoms with Gasteiger partial charge in [-0.25, -0.2) is 5.43 Å². The van der Waals surface area contributed by atoms with Crippen molar-refractivity contribution in [1.29, 1.82) is 0 Å². The molecule has 4 aromatic carbocycles. The molecule has 4 aromatic rings. The van der Waals surface area contributed by atoms with Gasteiger partial charge in [0.05, 0.1) is 12.3 Å². The van der Waals surface area contributed by atoms with Crippen molar-refractivity contribution in [1.82, 2.24) is 20.5 Å². The summed E-state index contributed by atoms with van der Waals surface area (Å²) in [5.74, 6) is 0.112. The third-order valence-electron chi connectivity index (χ3n) is 7.64. The number of nitrogens with zero attached hydrogens (tertiary/aromatic N) is 3. The molecule has 0 unspecified atom stereocenters. The van der Waals surface area contributed by atoms with E-state index in [1.165, 1.54) is 11.1 Å². The fraction of sp³-hybridized carbons (Fsp3) is 0.250. The number of hydrogen-bond donors (Lipinski definition) is 2. The number of piperazine rings is 1. The van der Waals surface area contributed by atoms with Crippen LogP contribution in [-0.4, -0.2) is 60.6 Å². The van der Waals surface area contributed by atoms with E-state index in [0.29, 0.717) is 11.3 Å². The zero-order valence-corrected chi connectivity index (χ0v) is 25.1. The Morgan fingerprint density at radius 1 is 0.773 bits per heavy atom. The Bertz CT molecular complexity index is 1500. The zero-order valence-electron chi connectivity index (χ0n) is 25.1. The van der Waals surface area contributed by atoms with Crippen LogP contribution in [-0.2, 0) is 17.9 Å². The zero-order chi connectivity index (χ0) is 30.6. The van der Waals surface area contributed by atoms with Crippen LogP contribution in [0.25, 0.3) is 0 Å². The van der Waals surface area contributed by atoms with Crippen molar-refractivity contribution in [2.24, 2.45) is 5.10 Å². The van der Waals surface area contributed by atoms with Crippen LogP contribution >= 0.6 is 0 Å². The highest BCUT2D eigenvalue weighted by molar-refractivity contribution is 5.94. The second-order valence-electron chi connectivity index (χ2n) is 11.0. The second-order valence-corrected chi connectivity index (χ2v) is 11.0. The summed E-state index contributed by atoms with van der Waals surface area (Å²) < 4.78 is 5.61. The first kappa shape index (κ1) is 30.7. The van der Waals surface area contributed by atoms with E-state index >= 15 is 0 Å². The Labute approximate surface area is 259 Å². The smallest absolute Gasteiger partial charge is 0.271 e. The molecule has 1 aliphatic heterocycles. The molecule has 8 heteroatoms. The molecule has 0 spiro atoms. The summed E-state index contributed by atoms with van der Waals surface area (Å²) in [6.07, 6.45) is 1.57. The third-order valence-corrected chi connectivity index (χ3v) is 7.64. The van der Waals surface area contributed by atoms with E-state index < -0.39 is 0 Å². The van der Waals surface area contributed by atoms with E-state index in [1.54, 1.807) is 18.3 Å². The predicted molar refractivity (Wildman–Crippen MR) is 173 cm³/mol. The molecule has 5 rings (SSSR count). The molecule has 226 valence electrons. The predicted octanol–water partition coefficient (Wildman–Crippen LogP) is 5.02. The van der Waals surface area contributed by atoms with E-state index in [2.05, 4.69) is 56.0 Å². The molecule has 0 bridgehead atoms. The number of amides is 2. The van der Waals surface area contributed by atoms with Crippen molar-refractivity contribution in [2.75, 3.05) is 32.8 Å². The van der Waals surface area contributed by atoms with E-state index in [0.717, 1.165) is 50.4 Å². The molecular formula is C36H39N5O3. The van der Waals surface area contributed by atoms with Crippen molar-refractivity contribution < 1.29 is 14.3 Å². The van der Waals surface area contributed by atoms with Crippen molar-refractivity contribution >= 4 is 18.0 Å². The van der Waals surface area contributed by atoms with Gasteiger partial charge in [-0.3, -0.25) is 19.4 Å². The van der Waals surface area contributed by atoms with Gasteiger partial charge in [0.15, 0.2) is 6.61 Å². The maximum absolute atomic E-state index is 12.6. The molecule has 2 amide bonds. The number of ether oxygens (including phenoxy) is 1. The Kier molecular flexibility index (Phi) is 10.9. The van der Waals surface area contributed by atoms with Crippen LogP contribution in [0.3, 0.4) is 0 Å². The van der Waals surface area contributed by atoms with Crippen LogP contribution in [0.4, 0.5) is 0 Å². The number of hydrogen-bond acceptors (Lipinski definition) is 6. The minimum Gasteiger partial charge on any atom is -0.484 e. The van der Waals surface area contributed by atoms with Gasteiger partial charge in [0.1, 0.15) is 5.75 Å². The average molecular weight is 590 g/mol. The maximum atomic E-state index is 12.6. The van der Waals surface area contributed by atoms with Gasteiger partial charge < -0.3 is 10.1 Å². The van der Waals surface area contributed by atoms with Crippen LogP contribution < -0.4 is 15.5 Å². The van der Waals surface area contributed by atoms with Gasteiger partial charge >= 0.3 is 0 Å². The lowest BCUT2D eigenvalue weighted by atomic mass is 10.1. The first-order valence-corrected chi connectivity index (χ1v) is 15.0. The van der Waals surface area contributed by atoms with Crippen LogP contribution in [0.5, 0.6) is 5.75 Å². The number of nitrogens with one attached hydrogen (secondary N) is 2. The Morgan fingerprint density at radius 3 is 1.95 bits per heavy atom. The molecule has 1 aliphatic rings. The van der Waals surface area contributed by atoms with E-state index in [1.807, 2.05) is 73.7 Å². The molecule has 0 saturated carbocycles. The monoisotopic (exact) mass is 589 g/mol. The van der Waals surface area contributed by atoms with Crippen LogP contribution in [0.2, 0.25) is 0 Å². The molecule has 1 atom stereocenters. The topological polar surface area (TPSA) is 86.3 Å². The molecular weight excluding hydrogens is 550 g/mol. The van der Waals surface area contributed by atoms with E-state index in [-0.39, 0.29) is 24.5 Å². The lowest BCUT2D eigenvalue weighted by Gasteiger charge is -2.34. The highest BCUT2D eigenvalue weighted by Gasteiger charge is 2.17. The number of benzene rings is 4. The highest BCUT2D eigenvalue weighted by Crippen LogP contribution is 2.14. The lowest BCUT2D eigenvalue weighted by molar-refractivity contribution is -0.123. The third kappa shape index (κ3) is 9.36. The summed E-state index contributed by atoms with van der Waals surface area (Å²) in [4.78, 5) is 29.8. The van der Waals surface area contributed by atoms with Crippen LogP contribution in [0.15, 0.2) is 114 Å². The quantitative estimate of drug-likeness (QED) is 0.179. The molecule has 1 fully saturated rings. The first-order chi connectivity index (χ1) is 21.5. The largest absolute Gasteiger partial charge is 0.484 e. The standard InChI is InChI=1S/C36H39N5O3/c1-28(32-10-6-3-7-11-32)38-35(42)27-44-34-18-14-29(15-19-34)24-37-39-36(43)33-16-12-31(13-17-33)26-41-22-20-40(21-23-41)25-30-8-4-2-5-9-30/h2-19,24,28H,20-23,25-27H2,1H3,(H,38,42)(H,39,43)/b37-24-/t28-/m1/s1. The second kappa shape index (κ2) is 15.6. The number of rotatable bonds is 12. The normalized spacial score (nSPS) is 14.7. The van der Waals surface area contributed by atoms with Gasteiger partial charge in [0.2, 0.25) is 0 Å². The van der Waals surface area contributed by atoms with Gasteiger partial charge in [-0.2, -0.15) is 5.10 Å². The van der Waals surface area contributed by atoms with Crippen molar-refractivity contribution in [3.63, 3.8) is 0 Å². The molecule has 44 heavy (non-hydrogen) atoms. The van der Waals surface area contributed by atoms with Gasteiger partial charge in [-0.1, -0.05) is 72.8 Å². The molecule has 0 aliphatic carbocycles. The summed E-state index contributed by atoms with van der Waals surface area (Å²) in [6.45, 7) is 7.88. The summed E-state index contributed by atoms with van der Waals surface area (Å²) >= 11 is 0. The van der Waals surface area contributed by atoms with Crippen LogP contribution in [0, 0.1) is 0 Å². The maximum Gasteiger partial charge on any atom is 0.271 e. The van der Waals surface area contributed by atoms with Gasteiger partial charge in [-0.15, -0.1) is 0 Å². The molecule has 1 saturated heterocycles. The molecule has 8 nitrogen and oxygen atoms in total. The summed E-state index contributed by atoms with van der Waals surface area (Å²) in [5, 5.41) is 7.02. The number of carbonyl (C=O) groups excluding carboxylic acids is 2. The van der Waals surface area contributed by atoms with E-state index in [4.69, 9.17) is 4.74 Å². The fourth-order valence-electron chi connectivity index (χ4n) is 5.10. The summed E-state index contributed by atoms with van der Waals surface area (Å²) in [5.41, 5.74) is 7.52.